The average Bonchev–Trinajstić information content (AvgIpc) is 3.63. The molecule has 1 aromatic rings. The molecule has 12 nitrogen and oxygen atoms in total. The van der Waals surface area contributed by atoms with Crippen LogP contribution in [0.15, 0.2) is 42.0 Å². The van der Waals surface area contributed by atoms with E-state index in [1.54, 1.807) is 21.3 Å². The van der Waals surface area contributed by atoms with E-state index >= 15 is 4.79 Å². The molecule has 4 saturated heterocycles. The molecule has 0 N–H and O–H groups in total. The van der Waals surface area contributed by atoms with Gasteiger partial charge in [0.05, 0.1) is 42.9 Å². The Morgan fingerprint density at radius 3 is 2.22 bits per heavy atom. The van der Waals surface area contributed by atoms with Crippen molar-refractivity contribution in [2.45, 2.75) is 165 Å². The number of carbonyl (C=O) groups excluding carboxylic acids is 2. The first kappa shape index (κ1) is 43.2. The largest absolute Gasteiger partial charge is 0.462 e. The first-order valence-corrected chi connectivity index (χ1v) is 22.6. The van der Waals surface area contributed by atoms with Crippen LogP contribution in [0.25, 0.3) is 0 Å². The number of cyclic esters (lactones) is 1. The van der Waals surface area contributed by atoms with Gasteiger partial charge in [-0.15, -0.1) is 0 Å². The van der Waals surface area contributed by atoms with E-state index in [2.05, 4.69) is 74.2 Å². The van der Waals surface area contributed by atoms with Crippen LogP contribution in [0.4, 0.5) is 5.69 Å². The van der Waals surface area contributed by atoms with Crippen molar-refractivity contribution in [1.29, 1.82) is 0 Å². The molecular weight excluding hydrogens is 753 g/mol. The normalized spacial score (nSPS) is 45.0. The number of benzene rings is 1. The number of nitrogens with zero attached hydrogens (tertiary/aromatic N) is 2. The van der Waals surface area contributed by atoms with Crippen molar-refractivity contribution in [2.24, 2.45) is 35.5 Å². The number of allylic oxidation sites excluding steroid dienone is 2. The lowest BCUT2D eigenvalue weighted by Gasteiger charge is -2.44. The second kappa shape index (κ2) is 18.1. The molecule has 12 heteroatoms. The number of fused-ring (bicyclic) bond motifs is 8. The molecule has 3 aliphatic carbocycles. The molecule has 6 fully saturated rings. The molecule has 5 unspecified atom stereocenters. The molecule has 328 valence electrons. The summed E-state index contributed by atoms with van der Waals surface area (Å²) in [5.74, 6) is 0.0677. The van der Waals surface area contributed by atoms with Gasteiger partial charge in [0.25, 0.3) is 0 Å². The molecule has 7 aliphatic rings. The first-order valence-electron chi connectivity index (χ1n) is 22.6. The lowest BCUT2D eigenvalue weighted by Crippen LogP contribution is -2.59. The summed E-state index contributed by atoms with van der Waals surface area (Å²) >= 11 is 0. The summed E-state index contributed by atoms with van der Waals surface area (Å²) in [6, 6.07) is 11.4. The van der Waals surface area contributed by atoms with E-state index in [9.17, 15) is 4.79 Å². The smallest absolute Gasteiger partial charge is 0.306 e. The Morgan fingerprint density at radius 2 is 1.54 bits per heavy atom. The Morgan fingerprint density at radius 1 is 0.814 bits per heavy atom. The maximum Gasteiger partial charge on any atom is 0.306 e. The van der Waals surface area contributed by atoms with Gasteiger partial charge in [0.2, 0.25) is 0 Å². The minimum atomic E-state index is -0.616. The molecule has 4 aliphatic heterocycles. The third-order valence-corrected chi connectivity index (χ3v) is 15.5. The first-order chi connectivity index (χ1) is 28.5. The molecule has 4 heterocycles. The molecule has 2 saturated carbocycles. The number of methoxy groups -OCH3 is 3. The fraction of sp³-hybridized carbons (Fsp3) is 0.787. The summed E-state index contributed by atoms with van der Waals surface area (Å²) in [7, 11) is 9.21. The van der Waals surface area contributed by atoms with Gasteiger partial charge in [-0.25, -0.2) is 0 Å². The van der Waals surface area contributed by atoms with Crippen LogP contribution in [0.2, 0.25) is 0 Å². The van der Waals surface area contributed by atoms with Crippen molar-refractivity contribution in [3.63, 3.8) is 0 Å². The van der Waals surface area contributed by atoms with E-state index in [0.29, 0.717) is 18.4 Å². The van der Waals surface area contributed by atoms with Gasteiger partial charge < -0.3 is 47.7 Å². The summed E-state index contributed by atoms with van der Waals surface area (Å²) in [5.41, 5.74) is 1.98. The minimum absolute atomic E-state index is 0.0262. The second-order valence-corrected chi connectivity index (χ2v) is 18.8. The summed E-state index contributed by atoms with van der Waals surface area (Å²) in [5, 5.41) is 0. The number of likely N-dealkylation sites (N-methyl/N-ethyl adjacent to an activating group) is 1. The zero-order chi connectivity index (χ0) is 41.7. The quantitative estimate of drug-likeness (QED) is 0.198. The van der Waals surface area contributed by atoms with Crippen LogP contribution in [0, 0.1) is 35.5 Å². The number of para-hydroxylation sites is 1. The topological polar surface area (TPSA) is 114 Å². The zero-order valence-corrected chi connectivity index (χ0v) is 36.8. The summed E-state index contributed by atoms with van der Waals surface area (Å²) < 4.78 is 50.5. The summed E-state index contributed by atoms with van der Waals surface area (Å²) in [6.45, 7) is 8.24. The van der Waals surface area contributed by atoms with Gasteiger partial charge in [-0.2, -0.15) is 0 Å². The van der Waals surface area contributed by atoms with Crippen LogP contribution in [-0.4, -0.2) is 132 Å². The van der Waals surface area contributed by atoms with Gasteiger partial charge in [0, 0.05) is 44.9 Å². The predicted molar refractivity (Wildman–Crippen MR) is 222 cm³/mol. The maximum atomic E-state index is 15.1. The van der Waals surface area contributed by atoms with Crippen LogP contribution >= 0.6 is 0 Å². The summed E-state index contributed by atoms with van der Waals surface area (Å²) in [6.07, 6.45) is 6.12. The van der Waals surface area contributed by atoms with E-state index in [-0.39, 0.29) is 109 Å². The standard InChI is InChI=1S/C47H70N2O10/c1-10-29-17-14-18-37(59-39-20-19-36(48(5)6)26(3)55-39)25(2)43(51)35-23-32-31-21-30(58-47-46(54-9)45(53-8)44(52-7)27(4)56-47)22-34(31)41-42(40(32)33(35)24-38(50)57-29)49(41)28-15-12-11-13-16-28/h11-13,15-16,23,25-27,29-34,36-37,39-42,44-47H,10,14,17-22,24H2,1-9H3/t25-,26?,27?,29+,30+,31+,32+,33-,34-,36+,37+,39+,40-,41?,42?,44+,45?,46+,47+,49?/m1/s1. The summed E-state index contributed by atoms with van der Waals surface area (Å²) in [4.78, 5) is 33.9. The van der Waals surface area contributed by atoms with Gasteiger partial charge in [0.15, 0.2) is 18.4 Å². The van der Waals surface area contributed by atoms with Crippen molar-refractivity contribution in [3.8, 4) is 0 Å². The third kappa shape index (κ3) is 8.31. The number of rotatable bonds is 10. The fourth-order valence-corrected chi connectivity index (χ4v) is 12.6. The third-order valence-electron chi connectivity index (χ3n) is 15.5. The average molecular weight is 823 g/mol. The van der Waals surface area contributed by atoms with Crippen molar-refractivity contribution in [2.75, 3.05) is 40.3 Å². The maximum absolute atomic E-state index is 15.1. The van der Waals surface area contributed by atoms with Gasteiger partial charge in [-0.05, 0) is 121 Å². The van der Waals surface area contributed by atoms with Gasteiger partial charge >= 0.3 is 5.97 Å². The van der Waals surface area contributed by atoms with Gasteiger partial charge in [0.1, 0.15) is 24.4 Å². The highest BCUT2D eigenvalue weighted by Crippen LogP contribution is 2.65. The lowest BCUT2D eigenvalue weighted by molar-refractivity contribution is -0.314. The minimum Gasteiger partial charge on any atom is -0.462 e. The van der Waals surface area contributed by atoms with E-state index < -0.39 is 12.4 Å². The number of anilines is 1. The highest BCUT2D eigenvalue weighted by atomic mass is 16.7. The molecule has 19 atom stereocenters. The Labute approximate surface area is 351 Å². The van der Waals surface area contributed by atoms with Crippen molar-refractivity contribution >= 4 is 17.4 Å². The van der Waals surface area contributed by atoms with Crippen LogP contribution in [0.3, 0.4) is 0 Å². The number of ether oxygens (including phenoxy) is 8. The highest BCUT2D eigenvalue weighted by molar-refractivity contribution is 5.99. The number of hydrogen-bond donors (Lipinski definition) is 0. The Balaban J connectivity index is 1.10. The molecule has 1 aromatic carbocycles. The molecule has 0 amide bonds. The van der Waals surface area contributed by atoms with Crippen LogP contribution in [0.5, 0.6) is 0 Å². The van der Waals surface area contributed by atoms with E-state index in [0.717, 1.165) is 50.5 Å². The van der Waals surface area contributed by atoms with Crippen molar-refractivity contribution in [1.82, 2.24) is 4.90 Å². The van der Waals surface area contributed by atoms with Crippen LogP contribution < -0.4 is 4.90 Å². The molecule has 59 heavy (non-hydrogen) atoms. The Kier molecular flexibility index (Phi) is 13.3. The van der Waals surface area contributed by atoms with E-state index in [1.165, 1.54) is 5.69 Å². The number of Topliss-reactive ketones (excluding diaryl/α,β-unsaturated/α-hetero) is 1. The molecule has 0 spiro atoms. The SMILES string of the molecule is CC[C@H]1CCC[C@H](O[C@H]2CC[C@H](N(C)C)C(C)O2)[C@@H](C)C(=O)C2=C[C@H]3[C@@H]4C[C@H](O[C@@H]5OC(C)[C@H](OC)C(OC)[C@@H]5OC)C[C@H]4C4C([C@H]3[C@@H]2CC(=O)O1)N4c1ccccc1. The number of carbonyl (C=O) groups is 2. The van der Waals surface area contributed by atoms with Crippen LogP contribution in [0.1, 0.15) is 85.5 Å². The molecular formula is C47H70N2O10. The number of ketones is 1. The molecule has 0 bridgehead atoms. The molecule has 0 radical (unpaired) electrons. The van der Waals surface area contributed by atoms with Gasteiger partial charge in [-0.1, -0.05) is 38.1 Å². The molecule has 0 aromatic heterocycles. The van der Waals surface area contributed by atoms with E-state index in [4.69, 9.17) is 37.9 Å². The Hall–Kier alpha value is -2.42. The lowest BCUT2D eigenvalue weighted by atomic mass is 9.66. The molecule has 8 rings (SSSR count). The second-order valence-electron chi connectivity index (χ2n) is 18.8. The zero-order valence-electron chi connectivity index (χ0n) is 36.8. The van der Waals surface area contributed by atoms with Crippen molar-refractivity contribution in [3.05, 3.63) is 42.0 Å². The monoisotopic (exact) mass is 823 g/mol. The fourth-order valence-electron chi connectivity index (χ4n) is 12.6. The predicted octanol–water partition coefficient (Wildman–Crippen LogP) is 6.19. The van der Waals surface area contributed by atoms with Crippen LogP contribution in [-0.2, 0) is 47.5 Å². The highest BCUT2D eigenvalue weighted by Gasteiger charge is 2.69. The van der Waals surface area contributed by atoms with Gasteiger partial charge in [-0.3, -0.25) is 9.59 Å². The number of esters is 1. The Bertz CT molecular complexity index is 1640. The van der Waals surface area contributed by atoms with E-state index in [1.807, 2.05) is 13.8 Å². The van der Waals surface area contributed by atoms with Crippen molar-refractivity contribution < 1.29 is 47.5 Å². The number of hydrogen-bond acceptors (Lipinski definition) is 12.